The van der Waals surface area contributed by atoms with Crippen molar-refractivity contribution in [1.29, 1.82) is 0 Å². The molecule has 8 aromatic rings. The number of allylic oxidation sites excluding steroid dienone is 1. The van der Waals surface area contributed by atoms with Crippen LogP contribution in [0.25, 0.3) is 66.9 Å². The first-order valence-electron chi connectivity index (χ1n) is 18.5. The van der Waals surface area contributed by atoms with Crippen LogP contribution in [0.1, 0.15) is 30.0 Å². The van der Waals surface area contributed by atoms with Gasteiger partial charge in [0.2, 0.25) is 0 Å². The Morgan fingerprint density at radius 1 is 0.434 bits per heavy atom. The van der Waals surface area contributed by atoms with Gasteiger partial charge in [-0.05, 0) is 120 Å². The first-order chi connectivity index (χ1) is 26.2. The standard InChI is InChI=1S/C52H39N/c1-3-4-30-44-43(39-24-19-29-42(35-39)53(40-25-13-7-14-26-40)41-27-15-8-16-28-41)33-34-47-48(44)36(2)49-50(37-20-9-5-10-21-37)45-31-17-18-32-46(45)51(52(47)49)38-22-11-6-12-23-38/h4-35H,2-3H2,1H3/b30-4-. The molecule has 0 aromatic heterocycles. The van der Waals surface area contributed by atoms with Crippen molar-refractivity contribution in [2.45, 2.75) is 13.3 Å². The van der Waals surface area contributed by atoms with Crippen LogP contribution in [-0.2, 0) is 0 Å². The molecule has 9 rings (SSSR count). The molecule has 0 unspecified atom stereocenters. The summed E-state index contributed by atoms with van der Waals surface area (Å²) in [6.07, 6.45) is 5.55. The first kappa shape index (κ1) is 32.2. The summed E-state index contributed by atoms with van der Waals surface area (Å²) in [5.41, 5.74) is 17.8. The van der Waals surface area contributed by atoms with E-state index in [1.54, 1.807) is 0 Å². The lowest BCUT2D eigenvalue weighted by molar-refractivity contribution is 1.23. The van der Waals surface area contributed by atoms with E-state index in [-0.39, 0.29) is 0 Å². The van der Waals surface area contributed by atoms with Crippen molar-refractivity contribution in [2.24, 2.45) is 0 Å². The van der Waals surface area contributed by atoms with Crippen molar-refractivity contribution in [3.8, 4) is 44.5 Å². The summed E-state index contributed by atoms with van der Waals surface area (Å²) < 4.78 is 0. The smallest absolute Gasteiger partial charge is 0.0467 e. The van der Waals surface area contributed by atoms with Gasteiger partial charge in [-0.1, -0.05) is 171 Å². The first-order valence-corrected chi connectivity index (χ1v) is 18.5. The second-order valence-corrected chi connectivity index (χ2v) is 13.6. The van der Waals surface area contributed by atoms with Crippen LogP contribution >= 0.6 is 0 Å². The minimum Gasteiger partial charge on any atom is -0.310 e. The summed E-state index contributed by atoms with van der Waals surface area (Å²) in [4.78, 5) is 2.33. The molecule has 0 amide bonds. The van der Waals surface area contributed by atoms with Gasteiger partial charge in [-0.25, -0.2) is 0 Å². The zero-order valence-corrected chi connectivity index (χ0v) is 29.8. The topological polar surface area (TPSA) is 3.24 Å². The summed E-state index contributed by atoms with van der Waals surface area (Å²) in [6.45, 7) is 7.15. The normalized spacial score (nSPS) is 11.9. The predicted molar refractivity (Wildman–Crippen MR) is 228 cm³/mol. The van der Waals surface area contributed by atoms with Gasteiger partial charge in [-0.2, -0.15) is 0 Å². The molecule has 0 heterocycles. The molecule has 0 radical (unpaired) electrons. The van der Waals surface area contributed by atoms with E-state index >= 15 is 0 Å². The van der Waals surface area contributed by atoms with Gasteiger partial charge in [-0.3, -0.25) is 0 Å². The Labute approximate surface area is 312 Å². The lowest BCUT2D eigenvalue weighted by Gasteiger charge is -2.26. The Morgan fingerprint density at radius 2 is 0.906 bits per heavy atom. The predicted octanol–water partition coefficient (Wildman–Crippen LogP) is 14.8. The van der Waals surface area contributed by atoms with Gasteiger partial charge in [0.15, 0.2) is 0 Å². The number of rotatable bonds is 8. The molecule has 252 valence electrons. The number of fused-ring (bicyclic) bond motifs is 4. The van der Waals surface area contributed by atoms with Crippen LogP contribution < -0.4 is 4.90 Å². The van der Waals surface area contributed by atoms with Crippen LogP contribution in [0.5, 0.6) is 0 Å². The molecule has 1 aliphatic rings. The monoisotopic (exact) mass is 677 g/mol. The quantitative estimate of drug-likeness (QED) is 0.155. The van der Waals surface area contributed by atoms with Crippen LogP contribution in [0.15, 0.2) is 195 Å². The molecule has 1 nitrogen and oxygen atoms in total. The Bertz CT molecular complexity index is 2600. The van der Waals surface area contributed by atoms with E-state index in [9.17, 15) is 0 Å². The summed E-state index contributed by atoms with van der Waals surface area (Å²) in [5, 5.41) is 2.49. The number of hydrogen-bond donors (Lipinski definition) is 0. The fourth-order valence-electron chi connectivity index (χ4n) is 8.17. The Balaban J connectivity index is 1.31. The fourth-order valence-corrected chi connectivity index (χ4v) is 8.17. The largest absolute Gasteiger partial charge is 0.310 e. The van der Waals surface area contributed by atoms with E-state index < -0.39 is 0 Å². The highest BCUT2D eigenvalue weighted by molar-refractivity contribution is 6.22. The zero-order chi connectivity index (χ0) is 35.7. The van der Waals surface area contributed by atoms with Crippen molar-refractivity contribution >= 4 is 39.5 Å². The highest BCUT2D eigenvalue weighted by Crippen LogP contribution is 2.57. The summed E-state index contributed by atoms with van der Waals surface area (Å²) >= 11 is 0. The third-order valence-electron chi connectivity index (χ3n) is 10.4. The Hall–Kier alpha value is -6.70. The van der Waals surface area contributed by atoms with Crippen molar-refractivity contribution in [3.63, 3.8) is 0 Å². The van der Waals surface area contributed by atoms with E-state index in [1.807, 2.05) is 0 Å². The highest BCUT2D eigenvalue weighted by Gasteiger charge is 2.33. The minimum absolute atomic E-state index is 0.937. The fraction of sp³-hybridized carbons (Fsp3) is 0.0385. The van der Waals surface area contributed by atoms with Crippen molar-refractivity contribution < 1.29 is 0 Å². The molecular formula is C52H39N. The van der Waals surface area contributed by atoms with Crippen LogP contribution in [-0.4, -0.2) is 0 Å². The SMILES string of the molecule is C=C1c2c(ccc(-c3cccc(N(c4ccccc4)c4ccccc4)c3)c2/C=C\CC)-c2c1c(-c1ccccc1)c1ccccc1c2-c1ccccc1. The molecule has 0 saturated heterocycles. The maximum absolute atomic E-state index is 4.95. The maximum Gasteiger partial charge on any atom is 0.0467 e. The van der Waals surface area contributed by atoms with E-state index in [0.29, 0.717) is 0 Å². The Kier molecular flexibility index (Phi) is 8.38. The van der Waals surface area contributed by atoms with Crippen LogP contribution in [0.4, 0.5) is 17.1 Å². The van der Waals surface area contributed by atoms with E-state index in [2.05, 4.69) is 206 Å². The molecule has 0 N–H and O–H groups in total. The summed E-state index contributed by atoms with van der Waals surface area (Å²) in [6, 6.07) is 65.5. The van der Waals surface area contributed by atoms with Gasteiger partial charge < -0.3 is 4.90 Å². The van der Waals surface area contributed by atoms with Gasteiger partial charge in [-0.15, -0.1) is 0 Å². The average Bonchev–Trinajstić information content (AvgIpc) is 3.52. The number of anilines is 3. The van der Waals surface area contributed by atoms with Gasteiger partial charge in [0.1, 0.15) is 0 Å². The van der Waals surface area contributed by atoms with Gasteiger partial charge in [0, 0.05) is 17.1 Å². The number of para-hydroxylation sites is 2. The van der Waals surface area contributed by atoms with E-state index in [0.717, 1.165) is 29.1 Å². The molecule has 53 heavy (non-hydrogen) atoms. The number of hydrogen-bond acceptors (Lipinski definition) is 1. The third-order valence-corrected chi connectivity index (χ3v) is 10.4. The molecule has 0 saturated carbocycles. The molecular weight excluding hydrogens is 639 g/mol. The molecule has 1 heteroatoms. The second-order valence-electron chi connectivity index (χ2n) is 13.6. The minimum atomic E-state index is 0.937. The van der Waals surface area contributed by atoms with Gasteiger partial charge in [0.25, 0.3) is 0 Å². The molecule has 0 aliphatic heterocycles. The van der Waals surface area contributed by atoms with Crippen molar-refractivity contribution in [2.75, 3.05) is 4.90 Å². The maximum atomic E-state index is 4.95. The van der Waals surface area contributed by atoms with Crippen molar-refractivity contribution in [3.05, 3.63) is 211 Å². The zero-order valence-electron chi connectivity index (χ0n) is 29.8. The second kappa shape index (κ2) is 13.8. The van der Waals surface area contributed by atoms with Gasteiger partial charge >= 0.3 is 0 Å². The molecule has 1 aliphatic carbocycles. The molecule has 0 spiro atoms. The molecule has 0 fully saturated rings. The lowest BCUT2D eigenvalue weighted by atomic mass is 9.83. The lowest BCUT2D eigenvalue weighted by Crippen LogP contribution is -2.09. The molecule has 0 atom stereocenters. The molecule has 0 bridgehead atoms. The molecule has 8 aromatic carbocycles. The average molecular weight is 678 g/mol. The van der Waals surface area contributed by atoms with Crippen LogP contribution in [0.3, 0.4) is 0 Å². The van der Waals surface area contributed by atoms with Gasteiger partial charge in [0.05, 0.1) is 0 Å². The Morgan fingerprint density at radius 3 is 1.47 bits per heavy atom. The summed E-state index contributed by atoms with van der Waals surface area (Å²) in [7, 11) is 0. The van der Waals surface area contributed by atoms with E-state index in [4.69, 9.17) is 6.58 Å². The highest BCUT2D eigenvalue weighted by atomic mass is 15.1. The van der Waals surface area contributed by atoms with Crippen LogP contribution in [0.2, 0.25) is 0 Å². The number of nitrogens with zero attached hydrogens (tertiary/aromatic N) is 1. The third kappa shape index (κ3) is 5.59. The van der Waals surface area contributed by atoms with Crippen LogP contribution in [0, 0.1) is 0 Å². The van der Waals surface area contributed by atoms with E-state index in [1.165, 1.54) is 72.0 Å². The summed E-state index contributed by atoms with van der Waals surface area (Å²) in [5.74, 6) is 0. The van der Waals surface area contributed by atoms with Crippen molar-refractivity contribution in [1.82, 2.24) is 0 Å². The number of benzene rings is 8.